The Hall–Kier alpha value is 0.01000. The highest BCUT2D eigenvalue weighted by molar-refractivity contribution is 6.42. The van der Waals surface area contributed by atoms with Gasteiger partial charge in [-0.05, 0) is 57.0 Å². The monoisotopic (exact) mass is 323 g/mol. The van der Waals surface area contributed by atoms with Gasteiger partial charge in [-0.25, -0.2) is 0 Å². The largest absolute Gasteiger partial charge is 0.371 e. The van der Waals surface area contributed by atoms with Gasteiger partial charge in [-0.15, -0.1) is 12.4 Å². The summed E-state index contributed by atoms with van der Waals surface area (Å²) in [5, 5.41) is 4.62. The molecule has 1 aromatic carbocycles. The van der Waals surface area contributed by atoms with E-state index in [1.54, 1.807) is 0 Å². The standard InChI is InChI=1S/C14H19Cl2NO.ClH/c1-2-18-14(6-3-8-17-9-7-14)11-4-5-12(15)13(16)10-11;/h4-5,10,17H,2-3,6-9H2,1H3;1H. The zero-order valence-corrected chi connectivity index (χ0v) is 13.4. The Balaban J connectivity index is 0.00000180. The molecule has 1 fully saturated rings. The number of benzene rings is 1. The third kappa shape index (κ3) is 3.99. The van der Waals surface area contributed by atoms with Gasteiger partial charge in [-0.2, -0.15) is 0 Å². The minimum atomic E-state index is -0.216. The number of hydrogen-bond acceptors (Lipinski definition) is 2. The lowest BCUT2D eigenvalue weighted by Crippen LogP contribution is -2.31. The summed E-state index contributed by atoms with van der Waals surface area (Å²) in [4.78, 5) is 0. The smallest absolute Gasteiger partial charge is 0.0944 e. The van der Waals surface area contributed by atoms with Crippen molar-refractivity contribution in [1.82, 2.24) is 5.32 Å². The van der Waals surface area contributed by atoms with Gasteiger partial charge in [0.25, 0.3) is 0 Å². The van der Waals surface area contributed by atoms with Crippen molar-refractivity contribution < 1.29 is 4.74 Å². The SMILES string of the molecule is CCOC1(c2ccc(Cl)c(Cl)c2)CCCNCC1.Cl. The second-order valence-corrected chi connectivity index (χ2v) is 5.47. The summed E-state index contributed by atoms with van der Waals surface area (Å²) in [5.74, 6) is 0. The van der Waals surface area contributed by atoms with Crippen molar-refractivity contribution >= 4 is 35.6 Å². The highest BCUT2D eigenvalue weighted by Gasteiger charge is 2.33. The van der Waals surface area contributed by atoms with Crippen LogP contribution in [0.3, 0.4) is 0 Å². The van der Waals surface area contributed by atoms with Gasteiger partial charge in [-0.3, -0.25) is 0 Å². The molecule has 1 heterocycles. The van der Waals surface area contributed by atoms with Crippen LogP contribution in [-0.4, -0.2) is 19.7 Å². The lowest BCUT2D eigenvalue weighted by atomic mass is 9.86. The van der Waals surface area contributed by atoms with Crippen LogP contribution in [-0.2, 0) is 10.3 Å². The van der Waals surface area contributed by atoms with Gasteiger partial charge in [0.2, 0.25) is 0 Å². The molecular formula is C14H20Cl3NO. The number of rotatable bonds is 3. The Morgan fingerprint density at radius 2 is 2.00 bits per heavy atom. The van der Waals surface area contributed by atoms with Gasteiger partial charge >= 0.3 is 0 Å². The van der Waals surface area contributed by atoms with E-state index in [0.717, 1.165) is 37.9 Å². The van der Waals surface area contributed by atoms with E-state index in [2.05, 4.69) is 5.32 Å². The van der Waals surface area contributed by atoms with E-state index in [1.807, 2.05) is 25.1 Å². The van der Waals surface area contributed by atoms with Crippen molar-refractivity contribution in [3.8, 4) is 0 Å². The molecule has 0 aromatic heterocycles. The summed E-state index contributed by atoms with van der Waals surface area (Å²) >= 11 is 12.1. The van der Waals surface area contributed by atoms with Gasteiger partial charge in [0.05, 0.1) is 15.6 Å². The molecule has 1 aliphatic heterocycles. The van der Waals surface area contributed by atoms with Crippen LogP contribution in [0.25, 0.3) is 0 Å². The van der Waals surface area contributed by atoms with Crippen LogP contribution in [0.2, 0.25) is 10.0 Å². The zero-order valence-electron chi connectivity index (χ0n) is 11.0. The van der Waals surface area contributed by atoms with Gasteiger partial charge in [0, 0.05) is 6.61 Å². The Morgan fingerprint density at radius 3 is 2.68 bits per heavy atom. The first-order valence-corrected chi connectivity index (χ1v) is 7.24. The summed E-state index contributed by atoms with van der Waals surface area (Å²) in [5.41, 5.74) is 0.925. The minimum Gasteiger partial charge on any atom is -0.371 e. The Bertz CT molecular complexity index is 404. The molecule has 1 unspecified atom stereocenters. The van der Waals surface area contributed by atoms with E-state index in [9.17, 15) is 0 Å². The molecule has 2 nitrogen and oxygen atoms in total. The van der Waals surface area contributed by atoms with Gasteiger partial charge in [-0.1, -0.05) is 29.3 Å². The molecule has 2 rings (SSSR count). The van der Waals surface area contributed by atoms with Gasteiger partial charge < -0.3 is 10.1 Å². The highest BCUT2D eigenvalue weighted by atomic mass is 35.5. The van der Waals surface area contributed by atoms with E-state index in [0.29, 0.717) is 16.7 Å². The first kappa shape index (κ1) is 17.1. The lowest BCUT2D eigenvalue weighted by Gasteiger charge is -2.33. The maximum Gasteiger partial charge on any atom is 0.0944 e. The third-order valence-corrected chi connectivity index (χ3v) is 4.25. The van der Waals surface area contributed by atoms with Crippen molar-refractivity contribution in [3.63, 3.8) is 0 Å². The molecule has 0 spiro atoms. The fraction of sp³-hybridized carbons (Fsp3) is 0.571. The van der Waals surface area contributed by atoms with Gasteiger partial charge in [0.1, 0.15) is 0 Å². The van der Waals surface area contributed by atoms with Crippen LogP contribution in [0.4, 0.5) is 0 Å². The molecule has 0 amide bonds. The molecule has 1 N–H and O–H groups in total. The van der Waals surface area contributed by atoms with Crippen LogP contribution < -0.4 is 5.32 Å². The van der Waals surface area contributed by atoms with Crippen molar-refractivity contribution in [2.75, 3.05) is 19.7 Å². The summed E-state index contributed by atoms with van der Waals surface area (Å²) in [6.45, 7) is 4.77. The molecule has 0 radical (unpaired) electrons. The maximum atomic E-state index is 6.13. The fourth-order valence-corrected chi connectivity index (χ4v) is 2.91. The van der Waals surface area contributed by atoms with Crippen molar-refractivity contribution in [3.05, 3.63) is 33.8 Å². The molecule has 1 saturated heterocycles. The predicted molar refractivity (Wildman–Crippen MR) is 83.7 cm³/mol. The van der Waals surface area contributed by atoms with E-state index in [1.165, 1.54) is 0 Å². The molecule has 19 heavy (non-hydrogen) atoms. The minimum absolute atomic E-state index is 0. The number of hydrogen-bond donors (Lipinski definition) is 1. The number of halogens is 3. The van der Waals surface area contributed by atoms with Gasteiger partial charge in [0.15, 0.2) is 0 Å². The molecule has 0 bridgehead atoms. The summed E-state index contributed by atoms with van der Waals surface area (Å²) < 4.78 is 6.09. The average molecular weight is 325 g/mol. The molecule has 1 aliphatic rings. The predicted octanol–water partition coefficient (Wildman–Crippen LogP) is 4.42. The maximum absolute atomic E-state index is 6.13. The van der Waals surface area contributed by atoms with E-state index in [4.69, 9.17) is 27.9 Å². The van der Waals surface area contributed by atoms with Crippen molar-refractivity contribution in [1.29, 1.82) is 0 Å². The summed E-state index contributed by atoms with van der Waals surface area (Å²) in [7, 11) is 0. The van der Waals surface area contributed by atoms with Crippen molar-refractivity contribution in [2.24, 2.45) is 0 Å². The molecular weight excluding hydrogens is 305 g/mol. The molecule has 1 atom stereocenters. The molecule has 1 aromatic rings. The second kappa shape index (κ2) is 7.70. The second-order valence-electron chi connectivity index (χ2n) is 4.66. The van der Waals surface area contributed by atoms with Crippen LogP contribution >= 0.6 is 35.6 Å². The first-order chi connectivity index (χ1) is 8.68. The zero-order chi connectivity index (χ0) is 13.0. The number of nitrogens with one attached hydrogen (secondary N) is 1. The normalized spacial score (nSPS) is 23.5. The highest BCUT2D eigenvalue weighted by Crippen LogP contribution is 2.38. The van der Waals surface area contributed by atoms with Crippen molar-refractivity contribution in [2.45, 2.75) is 31.8 Å². The lowest BCUT2D eigenvalue weighted by molar-refractivity contribution is -0.0535. The van der Waals surface area contributed by atoms with Crippen LogP contribution in [0.15, 0.2) is 18.2 Å². The number of ether oxygens (including phenoxy) is 1. The summed E-state index contributed by atoms with van der Waals surface area (Å²) in [6, 6.07) is 5.85. The third-order valence-electron chi connectivity index (χ3n) is 3.51. The van der Waals surface area contributed by atoms with Crippen LogP contribution in [0.1, 0.15) is 31.7 Å². The average Bonchev–Trinajstić information content (AvgIpc) is 2.60. The first-order valence-electron chi connectivity index (χ1n) is 6.48. The van der Waals surface area contributed by atoms with E-state index in [-0.39, 0.29) is 18.0 Å². The van der Waals surface area contributed by atoms with Crippen LogP contribution in [0.5, 0.6) is 0 Å². The fourth-order valence-electron chi connectivity index (χ4n) is 2.61. The molecule has 0 saturated carbocycles. The topological polar surface area (TPSA) is 21.3 Å². The summed E-state index contributed by atoms with van der Waals surface area (Å²) in [6.07, 6.45) is 3.10. The van der Waals surface area contributed by atoms with E-state index < -0.39 is 0 Å². The molecule has 108 valence electrons. The Labute approximate surface area is 131 Å². The molecule has 0 aliphatic carbocycles. The Kier molecular flexibility index (Phi) is 6.92. The van der Waals surface area contributed by atoms with E-state index >= 15 is 0 Å². The van der Waals surface area contributed by atoms with Crippen LogP contribution in [0, 0.1) is 0 Å². The molecule has 5 heteroatoms. The Morgan fingerprint density at radius 1 is 1.21 bits per heavy atom. The quantitative estimate of drug-likeness (QED) is 0.888.